The van der Waals surface area contributed by atoms with Gasteiger partial charge in [-0.2, -0.15) is 0 Å². The fraction of sp³-hybridized carbons (Fsp3) is 0.929. The van der Waals surface area contributed by atoms with E-state index < -0.39 is 0 Å². The van der Waals surface area contributed by atoms with Crippen molar-refractivity contribution in [1.29, 1.82) is 0 Å². The summed E-state index contributed by atoms with van der Waals surface area (Å²) < 4.78 is 0. The molecule has 0 aromatic rings. The van der Waals surface area contributed by atoms with Crippen LogP contribution in [0.4, 0.5) is 0 Å². The van der Waals surface area contributed by atoms with Crippen LogP contribution in [0.25, 0.3) is 0 Å². The maximum atomic E-state index is 12.1. The van der Waals surface area contributed by atoms with Crippen molar-refractivity contribution < 1.29 is 4.79 Å². The van der Waals surface area contributed by atoms with E-state index in [4.69, 9.17) is 0 Å². The number of rotatable bonds is 5. The number of likely N-dealkylation sites (tertiary alicyclic amines) is 1. The topological polar surface area (TPSA) is 44.4 Å². The molecule has 0 aromatic carbocycles. The summed E-state index contributed by atoms with van der Waals surface area (Å²) >= 11 is 0. The summed E-state index contributed by atoms with van der Waals surface area (Å²) in [5.41, 5.74) is -0.326. The second-order valence-electron chi connectivity index (χ2n) is 6.19. The van der Waals surface area contributed by atoms with E-state index in [2.05, 4.69) is 22.5 Å². The Morgan fingerprint density at radius 3 is 2.72 bits per heavy atom. The Morgan fingerprint density at radius 1 is 1.39 bits per heavy atom. The van der Waals surface area contributed by atoms with Gasteiger partial charge in [0.05, 0.1) is 5.54 Å². The van der Waals surface area contributed by atoms with Crippen molar-refractivity contribution in [2.24, 2.45) is 5.92 Å². The van der Waals surface area contributed by atoms with Crippen molar-refractivity contribution in [3.63, 3.8) is 0 Å². The summed E-state index contributed by atoms with van der Waals surface area (Å²) in [5.74, 6) is 0.713. The third kappa shape index (κ3) is 3.45. The molecule has 2 N–H and O–H groups in total. The summed E-state index contributed by atoms with van der Waals surface area (Å²) in [5, 5.41) is 6.42. The van der Waals surface area contributed by atoms with Gasteiger partial charge in [0.25, 0.3) is 0 Å². The van der Waals surface area contributed by atoms with Gasteiger partial charge in [0.15, 0.2) is 0 Å². The lowest BCUT2D eigenvalue weighted by molar-refractivity contribution is -0.126. The van der Waals surface area contributed by atoms with Crippen LogP contribution in [0.2, 0.25) is 0 Å². The molecule has 0 saturated carbocycles. The Balaban J connectivity index is 1.68. The first-order valence-electron chi connectivity index (χ1n) is 7.36. The maximum Gasteiger partial charge on any atom is 0.240 e. The van der Waals surface area contributed by atoms with E-state index in [0.717, 1.165) is 32.5 Å². The van der Waals surface area contributed by atoms with Crippen LogP contribution < -0.4 is 10.6 Å². The van der Waals surface area contributed by atoms with Gasteiger partial charge in [-0.1, -0.05) is 6.92 Å². The molecule has 4 heteroatoms. The van der Waals surface area contributed by atoms with Gasteiger partial charge in [-0.05, 0) is 58.2 Å². The molecule has 2 heterocycles. The van der Waals surface area contributed by atoms with E-state index >= 15 is 0 Å². The third-order valence-corrected chi connectivity index (χ3v) is 4.25. The molecule has 2 aliphatic heterocycles. The molecule has 0 radical (unpaired) electrons. The van der Waals surface area contributed by atoms with Gasteiger partial charge in [-0.15, -0.1) is 0 Å². The quantitative estimate of drug-likeness (QED) is 0.767. The molecule has 0 aromatic heterocycles. The SMILES string of the molecule is CC(CNC(=O)C1(C)CCCN1)CN1CCCC1. The highest BCUT2D eigenvalue weighted by molar-refractivity contribution is 5.86. The van der Waals surface area contributed by atoms with Gasteiger partial charge in [0.1, 0.15) is 0 Å². The van der Waals surface area contributed by atoms with Gasteiger partial charge < -0.3 is 15.5 Å². The zero-order chi connectivity index (χ0) is 13.0. The highest BCUT2D eigenvalue weighted by Crippen LogP contribution is 2.18. The number of nitrogens with zero attached hydrogens (tertiary/aromatic N) is 1. The normalized spacial score (nSPS) is 30.6. The monoisotopic (exact) mass is 253 g/mol. The molecule has 4 nitrogen and oxygen atoms in total. The Labute approximate surface area is 110 Å². The van der Waals surface area contributed by atoms with Crippen LogP contribution in [0.5, 0.6) is 0 Å². The van der Waals surface area contributed by atoms with Crippen LogP contribution >= 0.6 is 0 Å². The molecule has 0 spiro atoms. The van der Waals surface area contributed by atoms with Crippen molar-refractivity contribution in [1.82, 2.24) is 15.5 Å². The molecular formula is C14H27N3O. The number of hydrogen-bond acceptors (Lipinski definition) is 3. The number of nitrogens with one attached hydrogen (secondary N) is 2. The predicted molar refractivity (Wildman–Crippen MR) is 73.5 cm³/mol. The fourth-order valence-corrected chi connectivity index (χ4v) is 3.02. The zero-order valence-corrected chi connectivity index (χ0v) is 11.8. The molecule has 2 unspecified atom stereocenters. The Bertz CT molecular complexity index is 281. The first-order valence-corrected chi connectivity index (χ1v) is 7.36. The molecule has 0 bridgehead atoms. The molecule has 1 amide bonds. The largest absolute Gasteiger partial charge is 0.354 e. The molecule has 0 aliphatic carbocycles. The highest BCUT2D eigenvalue weighted by atomic mass is 16.2. The van der Waals surface area contributed by atoms with Crippen LogP contribution in [0, 0.1) is 5.92 Å². The molecule has 18 heavy (non-hydrogen) atoms. The van der Waals surface area contributed by atoms with Crippen molar-refractivity contribution in [2.45, 2.75) is 45.1 Å². The lowest BCUT2D eigenvalue weighted by Gasteiger charge is -2.25. The summed E-state index contributed by atoms with van der Waals surface area (Å²) in [4.78, 5) is 14.6. The van der Waals surface area contributed by atoms with Crippen LogP contribution in [0.15, 0.2) is 0 Å². The molecule has 2 aliphatic rings. The minimum Gasteiger partial charge on any atom is -0.354 e. The smallest absolute Gasteiger partial charge is 0.240 e. The Hall–Kier alpha value is -0.610. The fourth-order valence-electron chi connectivity index (χ4n) is 3.02. The highest BCUT2D eigenvalue weighted by Gasteiger charge is 2.35. The van der Waals surface area contributed by atoms with Crippen molar-refractivity contribution in [3.05, 3.63) is 0 Å². The standard InChI is InChI=1S/C14H27N3O/c1-12(11-17-8-3-4-9-17)10-15-13(18)14(2)6-5-7-16-14/h12,16H,3-11H2,1-2H3,(H,15,18). The number of hydrogen-bond donors (Lipinski definition) is 2. The second kappa shape index (κ2) is 6.02. The van der Waals surface area contributed by atoms with E-state index in [1.54, 1.807) is 0 Å². The van der Waals surface area contributed by atoms with Gasteiger partial charge in [-0.25, -0.2) is 0 Å². The summed E-state index contributed by atoms with van der Waals surface area (Å²) in [6.45, 7) is 9.59. The van der Waals surface area contributed by atoms with Crippen molar-refractivity contribution >= 4 is 5.91 Å². The van der Waals surface area contributed by atoms with Gasteiger partial charge in [-0.3, -0.25) is 4.79 Å². The van der Waals surface area contributed by atoms with Gasteiger partial charge in [0.2, 0.25) is 5.91 Å². The summed E-state index contributed by atoms with van der Waals surface area (Å²) in [7, 11) is 0. The van der Waals surface area contributed by atoms with Gasteiger partial charge in [0, 0.05) is 13.1 Å². The Morgan fingerprint density at radius 2 is 2.11 bits per heavy atom. The third-order valence-electron chi connectivity index (χ3n) is 4.25. The van der Waals surface area contributed by atoms with Crippen LogP contribution in [0.1, 0.15) is 39.5 Å². The lowest BCUT2D eigenvalue weighted by atomic mass is 9.99. The summed E-state index contributed by atoms with van der Waals surface area (Å²) in [6, 6.07) is 0. The number of carbonyl (C=O) groups excluding carboxylic acids is 1. The molecular weight excluding hydrogens is 226 g/mol. The van der Waals surface area contributed by atoms with E-state index in [9.17, 15) is 4.79 Å². The van der Waals surface area contributed by atoms with E-state index in [-0.39, 0.29) is 11.4 Å². The van der Waals surface area contributed by atoms with E-state index in [0.29, 0.717) is 5.92 Å². The first-order chi connectivity index (χ1) is 8.60. The lowest BCUT2D eigenvalue weighted by Crippen LogP contribution is -2.52. The van der Waals surface area contributed by atoms with E-state index in [1.807, 2.05) is 6.92 Å². The summed E-state index contributed by atoms with van der Waals surface area (Å²) in [6.07, 6.45) is 4.73. The molecule has 2 atom stereocenters. The minimum atomic E-state index is -0.326. The average Bonchev–Trinajstić information content (AvgIpc) is 2.98. The van der Waals surface area contributed by atoms with Crippen molar-refractivity contribution in [2.75, 3.05) is 32.7 Å². The van der Waals surface area contributed by atoms with Crippen LogP contribution in [-0.2, 0) is 4.79 Å². The molecule has 2 saturated heterocycles. The first kappa shape index (κ1) is 13.8. The minimum absolute atomic E-state index is 0.174. The number of carbonyl (C=O) groups is 1. The average molecular weight is 253 g/mol. The van der Waals surface area contributed by atoms with Crippen LogP contribution in [-0.4, -0.2) is 49.1 Å². The maximum absolute atomic E-state index is 12.1. The molecule has 2 rings (SSSR count). The number of amides is 1. The van der Waals surface area contributed by atoms with E-state index in [1.165, 1.54) is 25.9 Å². The molecule has 2 fully saturated rings. The van der Waals surface area contributed by atoms with Crippen LogP contribution in [0.3, 0.4) is 0 Å². The zero-order valence-electron chi connectivity index (χ0n) is 11.8. The molecule has 104 valence electrons. The van der Waals surface area contributed by atoms with Crippen molar-refractivity contribution in [3.8, 4) is 0 Å². The Kier molecular flexibility index (Phi) is 4.62. The predicted octanol–water partition coefficient (Wildman–Crippen LogP) is 0.977. The van der Waals surface area contributed by atoms with Gasteiger partial charge >= 0.3 is 0 Å². The second-order valence-corrected chi connectivity index (χ2v) is 6.19.